The second kappa shape index (κ2) is 14.0. The summed E-state index contributed by atoms with van der Waals surface area (Å²) in [7, 11) is 0. The van der Waals surface area contributed by atoms with Gasteiger partial charge in [0.2, 0.25) is 0 Å². The molecule has 1 saturated heterocycles. The molecule has 1 aliphatic heterocycles. The number of hydrogen-bond acceptors (Lipinski definition) is 4. The molecule has 5 nitrogen and oxygen atoms in total. The molecule has 4 rings (SSSR count). The van der Waals surface area contributed by atoms with Crippen LogP contribution in [0.15, 0.2) is 55.6 Å². The summed E-state index contributed by atoms with van der Waals surface area (Å²) < 4.78 is 0. The Balaban J connectivity index is 0.000000215. The summed E-state index contributed by atoms with van der Waals surface area (Å²) in [4.78, 5) is 10.8. The van der Waals surface area contributed by atoms with Crippen molar-refractivity contribution >= 4 is 5.57 Å². The Hall–Kier alpha value is -2.23. The van der Waals surface area contributed by atoms with Gasteiger partial charge in [0.1, 0.15) is 0 Å². The zero-order valence-electron chi connectivity index (χ0n) is 18.6. The Bertz CT molecular complexity index is 967. The first-order valence-corrected chi connectivity index (χ1v) is 10.4. The predicted molar refractivity (Wildman–Crippen MR) is 121 cm³/mol. The van der Waals surface area contributed by atoms with Crippen LogP contribution < -0.4 is 29.6 Å². The number of aromatic amines is 1. The molecule has 154 valence electrons. The average Bonchev–Trinajstić information content (AvgIpc) is 3.46. The van der Waals surface area contributed by atoms with Gasteiger partial charge in [0, 0.05) is 11.9 Å². The molecule has 0 amide bonds. The molecule has 1 N–H and O–H groups in total. The molecule has 0 radical (unpaired) electrons. The number of aryl methyl sites for hydroxylation is 1. The molecular weight excluding hydrogens is 393 g/mol. The number of hydrogen-bond donors (Lipinski definition) is 1. The van der Waals surface area contributed by atoms with Crippen LogP contribution in [0.5, 0.6) is 0 Å². The fourth-order valence-electron chi connectivity index (χ4n) is 3.28. The quantitative estimate of drug-likeness (QED) is 0.382. The first-order chi connectivity index (χ1) is 14.7. The minimum Gasteiger partial charge on any atom is -0.303 e. The van der Waals surface area contributed by atoms with Crippen molar-refractivity contribution in [3.8, 4) is 11.8 Å². The van der Waals surface area contributed by atoms with Gasteiger partial charge >= 0.3 is 29.6 Å². The largest absolute Gasteiger partial charge is 1.00 e. The molecule has 6 heteroatoms. The van der Waals surface area contributed by atoms with Gasteiger partial charge < -0.3 is 9.88 Å². The summed E-state index contributed by atoms with van der Waals surface area (Å²) in [6.07, 6.45) is 12.0. The van der Waals surface area contributed by atoms with Gasteiger partial charge in [-0.05, 0) is 76.1 Å². The Labute approximate surface area is 207 Å². The molecule has 3 aromatic rings. The molecule has 0 bridgehead atoms. The van der Waals surface area contributed by atoms with Crippen LogP contribution in [-0.2, 0) is 6.42 Å². The topological polar surface area (TPSA) is 57.7 Å². The fourth-order valence-corrected chi connectivity index (χ4v) is 3.28. The number of likely N-dealkylation sites (tertiary alicyclic amines) is 1. The van der Waals surface area contributed by atoms with Crippen LogP contribution in [0, 0.1) is 17.9 Å². The third kappa shape index (κ3) is 8.80. The van der Waals surface area contributed by atoms with E-state index in [4.69, 9.17) is 0 Å². The second-order valence-corrected chi connectivity index (χ2v) is 7.34. The van der Waals surface area contributed by atoms with Crippen molar-refractivity contribution < 1.29 is 29.6 Å². The normalized spacial score (nSPS) is 12.7. The van der Waals surface area contributed by atoms with Crippen LogP contribution in [-0.4, -0.2) is 44.7 Å². The van der Waals surface area contributed by atoms with E-state index in [1.807, 2.05) is 19.2 Å². The molecule has 0 saturated carbocycles. The van der Waals surface area contributed by atoms with Crippen LogP contribution in [0.2, 0.25) is 0 Å². The predicted octanol–water partition coefficient (Wildman–Crippen LogP) is 1.15. The van der Waals surface area contributed by atoms with E-state index in [0.29, 0.717) is 0 Å². The van der Waals surface area contributed by atoms with Gasteiger partial charge in [0.15, 0.2) is 0 Å². The summed E-state index contributed by atoms with van der Waals surface area (Å²) in [5, 5.41) is 6.81. The number of aromatic nitrogens is 4. The number of nitrogens with zero attached hydrogens (tertiary/aromatic N) is 4. The van der Waals surface area contributed by atoms with E-state index in [1.165, 1.54) is 44.6 Å². The van der Waals surface area contributed by atoms with Gasteiger partial charge in [-0.1, -0.05) is 24.8 Å². The molecule has 0 atom stereocenters. The number of allylic oxidation sites excluding steroid dienone is 1. The van der Waals surface area contributed by atoms with E-state index in [0.717, 1.165) is 28.8 Å². The van der Waals surface area contributed by atoms with E-state index in [2.05, 4.69) is 61.7 Å². The van der Waals surface area contributed by atoms with E-state index in [9.17, 15) is 0 Å². The van der Waals surface area contributed by atoms with Crippen LogP contribution in [0.4, 0.5) is 0 Å². The third-order valence-electron chi connectivity index (χ3n) is 4.84. The van der Waals surface area contributed by atoms with Crippen molar-refractivity contribution in [1.29, 1.82) is 0 Å². The standard InChI is InChI=1S/C13H10N3.C12H18N2.Na/c1-10(2)13-12(9-15-16-13)6-5-11-4-3-7-14-8-11;1-2-8-13-12(6-1)7-5-11-14-9-3-4-10-14;/h4,7-9H,1H2,2H3,(H,15,16);1-2,6,8H,3-5,7,9-11H2;/q-1;;+1. The second-order valence-electron chi connectivity index (χ2n) is 7.34. The van der Waals surface area contributed by atoms with Gasteiger partial charge in [0.05, 0.1) is 17.5 Å². The van der Waals surface area contributed by atoms with Gasteiger partial charge in [-0.2, -0.15) is 11.0 Å². The van der Waals surface area contributed by atoms with Crippen LogP contribution >= 0.6 is 0 Å². The Morgan fingerprint density at radius 1 is 1.23 bits per heavy atom. The van der Waals surface area contributed by atoms with Crippen molar-refractivity contribution in [3.63, 3.8) is 0 Å². The molecule has 0 aromatic carbocycles. The van der Waals surface area contributed by atoms with E-state index < -0.39 is 0 Å². The summed E-state index contributed by atoms with van der Waals surface area (Å²) in [5.74, 6) is 6.02. The van der Waals surface area contributed by atoms with E-state index in [-0.39, 0.29) is 29.6 Å². The van der Waals surface area contributed by atoms with E-state index in [1.54, 1.807) is 24.7 Å². The maximum atomic E-state index is 4.32. The fraction of sp³-hybridized carbons (Fsp3) is 0.320. The molecular formula is C25H28N5Na. The zero-order valence-corrected chi connectivity index (χ0v) is 20.6. The minimum absolute atomic E-state index is 0. The van der Waals surface area contributed by atoms with Crippen molar-refractivity contribution in [1.82, 2.24) is 25.1 Å². The maximum absolute atomic E-state index is 4.32. The van der Waals surface area contributed by atoms with Crippen LogP contribution in [0.1, 0.15) is 48.7 Å². The third-order valence-corrected chi connectivity index (χ3v) is 4.84. The first kappa shape index (κ1) is 25.0. The average molecular weight is 422 g/mol. The molecule has 0 aliphatic carbocycles. The number of H-pyrrole nitrogens is 1. The molecule has 0 unspecified atom stereocenters. The van der Waals surface area contributed by atoms with E-state index >= 15 is 0 Å². The van der Waals surface area contributed by atoms with Crippen molar-refractivity contribution in [2.45, 2.75) is 32.6 Å². The Kier molecular flexibility index (Phi) is 11.3. The molecule has 1 fully saturated rings. The van der Waals surface area contributed by atoms with Crippen molar-refractivity contribution in [3.05, 3.63) is 84.2 Å². The monoisotopic (exact) mass is 421 g/mol. The smallest absolute Gasteiger partial charge is 0.303 e. The molecule has 3 aromatic heterocycles. The SMILES string of the molecule is C=C(C)c1[nH]ncc1C#Cc1c[c-]cnc1.[Na+].c1ccc(CCCN2CCCC2)nc1. The van der Waals surface area contributed by atoms with Crippen LogP contribution in [0.3, 0.4) is 0 Å². The van der Waals surface area contributed by atoms with Crippen LogP contribution in [0.25, 0.3) is 5.57 Å². The van der Waals surface area contributed by atoms with Crippen molar-refractivity contribution in [2.75, 3.05) is 19.6 Å². The molecule has 31 heavy (non-hydrogen) atoms. The number of pyridine rings is 2. The molecule has 1 aliphatic rings. The summed E-state index contributed by atoms with van der Waals surface area (Å²) in [6, 6.07) is 10.8. The Morgan fingerprint density at radius 2 is 2.06 bits per heavy atom. The Morgan fingerprint density at radius 3 is 2.74 bits per heavy atom. The molecule has 4 heterocycles. The first-order valence-electron chi connectivity index (χ1n) is 10.4. The van der Waals surface area contributed by atoms with Gasteiger partial charge in [-0.3, -0.25) is 10.1 Å². The maximum Gasteiger partial charge on any atom is 1.00 e. The summed E-state index contributed by atoms with van der Waals surface area (Å²) in [5.41, 5.74) is 4.69. The van der Waals surface area contributed by atoms with Gasteiger partial charge in [-0.25, -0.2) is 12.1 Å². The minimum atomic E-state index is 0. The van der Waals surface area contributed by atoms with Gasteiger partial charge in [0.25, 0.3) is 0 Å². The zero-order chi connectivity index (χ0) is 21.0. The molecule has 0 spiro atoms. The number of nitrogens with one attached hydrogen (secondary N) is 1. The summed E-state index contributed by atoms with van der Waals surface area (Å²) >= 11 is 0. The number of rotatable bonds is 5. The van der Waals surface area contributed by atoms with Gasteiger partial charge in [-0.15, -0.1) is 5.56 Å². The van der Waals surface area contributed by atoms with Crippen molar-refractivity contribution in [2.24, 2.45) is 0 Å². The summed E-state index contributed by atoms with van der Waals surface area (Å²) in [6.45, 7) is 9.63.